The zero-order chi connectivity index (χ0) is 9.35. The van der Waals surface area contributed by atoms with Gasteiger partial charge in [-0.1, -0.05) is 0 Å². The predicted octanol–water partition coefficient (Wildman–Crippen LogP) is 1.87. The van der Waals surface area contributed by atoms with E-state index in [9.17, 15) is 4.79 Å². The van der Waals surface area contributed by atoms with Gasteiger partial charge in [-0.2, -0.15) is 0 Å². The van der Waals surface area contributed by atoms with Gasteiger partial charge in [0.25, 0.3) is 0 Å². The summed E-state index contributed by atoms with van der Waals surface area (Å²) in [6.45, 7) is 5.80. The van der Waals surface area contributed by atoms with Crippen LogP contribution >= 0.6 is 0 Å². The van der Waals surface area contributed by atoms with E-state index >= 15 is 0 Å². The predicted molar refractivity (Wildman–Crippen MR) is 47.9 cm³/mol. The molecule has 0 aromatic carbocycles. The van der Waals surface area contributed by atoms with Crippen molar-refractivity contribution in [2.75, 3.05) is 7.11 Å². The molecule has 0 fully saturated rings. The normalized spacial score (nSPS) is 21.8. The summed E-state index contributed by atoms with van der Waals surface area (Å²) in [7, 11) is 1.66. The second-order valence-electron chi connectivity index (χ2n) is 3.29. The lowest BCUT2D eigenvalue weighted by Crippen LogP contribution is -2.33. The SMILES string of the molecule is COC1(C)C(C)=CC(=O)C=C1C. The molecule has 12 heavy (non-hydrogen) atoms. The maximum Gasteiger partial charge on any atom is 0.178 e. The number of hydrogen-bond donors (Lipinski definition) is 0. The van der Waals surface area contributed by atoms with Crippen LogP contribution in [0.25, 0.3) is 0 Å². The van der Waals surface area contributed by atoms with Crippen LogP contribution in [0.5, 0.6) is 0 Å². The van der Waals surface area contributed by atoms with Crippen LogP contribution in [0.1, 0.15) is 20.8 Å². The first-order chi connectivity index (χ1) is 5.50. The van der Waals surface area contributed by atoms with Crippen LogP contribution < -0.4 is 0 Å². The summed E-state index contributed by atoms with van der Waals surface area (Å²) >= 11 is 0. The first-order valence-corrected chi connectivity index (χ1v) is 3.97. The van der Waals surface area contributed by atoms with Gasteiger partial charge >= 0.3 is 0 Å². The van der Waals surface area contributed by atoms with Crippen LogP contribution in [0, 0.1) is 0 Å². The highest BCUT2D eigenvalue weighted by Crippen LogP contribution is 2.31. The van der Waals surface area contributed by atoms with Gasteiger partial charge in [-0.3, -0.25) is 4.79 Å². The highest BCUT2D eigenvalue weighted by Gasteiger charge is 2.31. The summed E-state index contributed by atoms with van der Waals surface area (Å²) in [6.07, 6.45) is 3.24. The molecule has 0 aromatic heterocycles. The molecular formula is C10H14O2. The average molecular weight is 166 g/mol. The third-order valence-electron chi connectivity index (χ3n) is 2.63. The third-order valence-corrected chi connectivity index (χ3v) is 2.63. The molecule has 0 heterocycles. The molecule has 0 atom stereocenters. The van der Waals surface area contributed by atoms with Crippen molar-refractivity contribution in [1.82, 2.24) is 0 Å². The molecule has 2 nitrogen and oxygen atoms in total. The van der Waals surface area contributed by atoms with Crippen LogP contribution in [0.2, 0.25) is 0 Å². The number of ketones is 1. The van der Waals surface area contributed by atoms with Gasteiger partial charge in [0.1, 0.15) is 5.60 Å². The Morgan fingerprint density at radius 1 is 1.25 bits per heavy atom. The largest absolute Gasteiger partial charge is 0.370 e. The van der Waals surface area contributed by atoms with Crippen LogP contribution in [0.15, 0.2) is 23.3 Å². The molecular weight excluding hydrogens is 152 g/mol. The highest BCUT2D eigenvalue weighted by atomic mass is 16.5. The van der Waals surface area contributed by atoms with Gasteiger partial charge in [-0.25, -0.2) is 0 Å². The fraction of sp³-hybridized carbons (Fsp3) is 0.500. The van der Waals surface area contributed by atoms with Gasteiger partial charge in [-0.15, -0.1) is 0 Å². The average Bonchev–Trinajstić information content (AvgIpc) is 2.00. The number of hydrogen-bond acceptors (Lipinski definition) is 2. The Morgan fingerprint density at radius 3 is 2.00 bits per heavy atom. The minimum absolute atomic E-state index is 0.0551. The number of rotatable bonds is 1. The topological polar surface area (TPSA) is 26.3 Å². The van der Waals surface area contributed by atoms with Crippen molar-refractivity contribution in [1.29, 1.82) is 0 Å². The Labute approximate surface area is 72.9 Å². The van der Waals surface area contributed by atoms with Crippen LogP contribution in [-0.2, 0) is 9.53 Å². The number of methoxy groups -OCH3 is 1. The lowest BCUT2D eigenvalue weighted by atomic mass is 9.84. The first-order valence-electron chi connectivity index (χ1n) is 3.97. The molecule has 0 N–H and O–H groups in total. The lowest BCUT2D eigenvalue weighted by molar-refractivity contribution is -0.111. The molecule has 1 aliphatic rings. The standard InChI is InChI=1S/C10H14O2/c1-7-5-9(11)6-8(2)10(7,3)12-4/h5-6H,1-4H3. The molecule has 0 spiro atoms. The molecule has 66 valence electrons. The monoisotopic (exact) mass is 166 g/mol. The summed E-state index contributed by atoms with van der Waals surface area (Å²) in [6, 6.07) is 0. The molecule has 0 saturated carbocycles. The van der Waals surface area contributed by atoms with Crippen molar-refractivity contribution in [3.05, 3.63) is 23.3 Å². The summed E-state index contributed by atoms with van der Waals surface area (Å²) in [5, 5.41) is 0. The fourth-order valence-electron chi connectivity index (χ4n) is 1.38. The van der Waals surface area contributed by atoms with Crippen LogP contribution in [-0.4, -0.2) is 18.5 Å². The number of allylic oxidation sites excluding steroid dienone is 2. The van der Waals surface area contributed by atoms with E-state index in [1.54, 1.807) is 19.3 Å². The van der Waals surface area contributed by atoms with Crippen molar-refractivity contribution in [2.24, 2.45) is 0 Å². The third kappa shape index (κ3) is 1.23. The number of carbonyl (C=O) groups is 1. The Bertz CT molecular complexity index is 250. The van der Waals surface area contributed by atoms with Gasteiger partial charge in [0, 0.05) is 7.11 Å². The summed E-state index contributed by atoms with van der Waals surface area (Å²) in [4.78, 5) is 11.1. The minimum atomic E-state index is -0.381. The minimum Gasteiger partial charge on any atom is -0.370 e. The Morgan fingerprint density at radius 2 is 1.67 bits per heavy atom. The highest BCUT2D eigenvalue weighted by molar-refractivity contribution is 6.02. The van der Waals surface area contributed by atoms with Gasteiger partial charge < -0.3 is 4.74 Å². The van der Waals surface area contributed by atoms with Crippen molar-refractivity contribution in [3.63, 3.8) is 0 Å². The van der Waals surface area contributed by atoms with E-state index in [0.29, 0.717) is 0 Å². The van der Waals surface area contributed by atoms with Gasteiger partial charge in [0.05, 0.1) is 0 Å². The van der Waals surface area contributed by atoms with Crippen molar-refractivity contribution in [2.45, 2.75) is 26.4 Å². The summed E-state index contributed by atoms with van der Waals surface area (Å²) in [5.41, 5.74) is 1.55. The second-order valence-corrected chi connectivity index (χ2v) is 3.29. The van der Waals surface area contributed by atoms with Crippen molar-refractivity contribution in [3.8, 4) is 0 Å². The number of carbonyl (C=O) groups excluding carboxylic acids is 1. The van der Waals surface area contributed by atoms with Crippen molar-refractivity contribution >= 4 is 5.78 Å². The van der Waals surface area contributed by atoms with E-state index in [-0.39, 0.29) is 11.4 Å². The molecule has 0 aromatic rings. The zero-order valence-corrected chi connectivity index (χ0v) is 7.97. The first kappa shape index (κ1) is 9.20. The van der Waals surface area contributed by atoms with Crippen LogP contribution in [0.3, 0.4) is 0 Å². The van der Waals surface area contributed by atoms with E-state index in [1.807, 2.05) is 20.8 Å². The Kier molecular flexibility index (Phi) is 2.20. The smallest absolute Gasteiger partial charge is 0.178 e. The van der Waals surface area contributed by atoms with E-state index in [1.165, 1.54) is 0 Å². The second kappa shape index (κ2) is 2.87. The van der Waals surface area contributed by atoms with Crippen molar-refractivity contribution < 1.29 is 9.53 Å². The number of ether oxygens (including phenoxy) is 1. The zero-order valence-electron chi connectivity index (χ0n) is 7.97. The van der Waals surface area contributed by atoms with E-state index in [2.05, 4.69) is 0 Å². The molecule has 0 amide bonds. The summed E-state index contributed by atoms with van der Waals surface area (Å²) < 4.78 is 5.36. The Hall–Kier alpha value is -0.890. The molecule has 0 radical (unpaired) electrons. The Balaban J connectivity index is 3.11. The fourth-order valence-corrected chi connectivity index (χ4v) is 1.38. The van der Waals surface area contributed by atoms with Crippen LogP contribution in [0.4, 0.5) is 0 Å². The molecule has 0 unspecified atom stereocenters. The molecule has 1 rings (SSSR count). The molecule has 0 saturated heterocycles. The van der Waals surface area contributed by atoms with Gasteiger partial charge in [0.2, 0.25) is 0 Å². The lowest BCUT2D eigenvalue weighted by Gasteiger charge is -2.32. The molecule has 1 aliphatic carbocycles. The maximum atomic E-state index is 11.1. The van der Waals surface area contributed by atoms with Gasteiger partial charge in [-0.05, 0) is 44.1 Å². The summed E-state index contributed by atoms with van der Waals surface area (Å²) in [5.74, 6) is 0.0551. The maximum absolute atomic E-state index is 11.1. The quantitative estimate of drug-likeness (QED) is 0.594. The van der Waals surface area contributed by atoms with E-state index in [0.717, 1.165) is 11.1 Å². The van der Waals surface area contributed by atoms with Gasteiger partial charge in [0.15, 0.2) is 5.78 Å². The van der Waals surface area contributed by atoms with E-state index < -0.39 is 0 Å². The van der Waals surface area contributed by atoms with E-state index in [4.69, 9.17) is 4.74 Å². The molecule has 0 aliphatic heterocycles. The molecule has 0 bridgehead atoms. The molecule has 2 heteroatoms.